The molecular weight excluding hydrogens is 224 g/mol. The van der Waals surface area contributed by atoms with Gasteiger partial charge in [-0.2, -0.15) is 0 Å². The maximum Gasteiger partial charge on any atom is 0.269 e. The van der Waals surface area contributed by atoms with Crippen LogP contribution in [0.1, 0.15) is 18.7 Å². The molecule has 2 rings (SSSR count). The van der Waals surface area contributed by atoms with Crippen molar-refractivity contribution in [1.82, 2.24) is 5.32 Å². The summed E-state index contributed by atoms with van der Waals surface area (Å²) in [6.07, 6.45) is -0.410. The number of aliphatic hydroxyl groups is 1. The van der Waals surface area contributed by atoms with Gasteiger partial charge in [-0.05, 0) is 6.92 Å². The number of benzene rings is 1. The van der Waals surface area contributed by atoms with Crippen molar-refractivity contribution in [2.75, 3.05) is 13.2 Å². The highest BCUT2D eigenvalue weighted by molar-refractivity contribution is 5.35. The molecule has 2 N–H and O–H groups in total. The molecule has 1 heterocycles. The molecule has 6 nitrogen and oxygen atoms in total. The van der Waals surface area contributed by atoms with Crippen molar-refractivity contribution in [3.8, 4) is 0 Å². The third-order valence-corrected chi connectivity index (χ3v) is 2.78. The summed E-state index contributed by atoms with van der Waals surface area (Å²) in [6, 6.07) is 6.28. The van der Waals surface area contributed by atoms with Crippen LogP contribution in [0, 0.1) is 10.1 Å². The molecule has 1 aliphatic heterocycles. The lowest BCUT2D eigenvalue weighted by Crippen LogP contribution is -2.43. The maximum atomic E-state index is 10.7. The molecule has 17 heavy (non-hydrogen) atoms. The summed E-state index contributed by atoms with van der Waals surface area (Å²) in [5.74, 6) is 0. The first-order valence-electron chi connectivity index (χ1n) is 5.29. The number of non-ortho nitro benzene ring substituents is 1. The van der Waals surface area contributed by atoms with Gasteiger partial charge in [-0.25, -0.2) is 0 Å². The first kappa shape index (κ1) is 12.0. The molecule has 0 aliphatic carbocycles. The van der Waals surface area contributed by atoms with E-state index in [2.05, 4.69) is 5.32 Å². The number of nitrogens with one attached hydrogen (secondary N) is 1. The van der Waals surface area contributed by atoms with Crippen molar-refractivity contribution in [2.24, 2.45) is 0 Å². The van der Waals surface area contributed by atoms with Crippen molar-refractivity contribution in [3.05, 3.63) is 39.9 Å². The first-order valence-corrected chi connectivity index (χ1v) is 5.29. The van der Waals surface area contributed by atoms with Gasteiger partial charge in [0.25, 0.3) is 5.69 Å². The van der Waals surface area contributed by atoms with Gasteiger partial charge in [-0.3, -0.25) is 15.4 Å². The van der Waals surface area contributed by atoms with Gasteiger partial charge in [0.2, 0.25) is 0 Å². The third kappa shape index (κ3) is 2.44. The highest BCUT2D eigenvalue weighted by Crippen LogP contribution is 2.27. The topological polar surface area (TPSA) is 84.6 Å². The number of nitrogens with zero attached hydrogens (tertiary/aromatic N) is 1. The number of hydrogen-bond donors (Lipinski definition) is 2. The van der Waals surface area contributed by atoms with Gasteiger partial charge in [-0.15, -0.1) is 0 Å². The molecule has 1 fully saturated rings. The monoisotopic (exact) mass is 238 g/mol. The molecular formula is C11H14N2O4. The van der Waals surface area contributed by atoms with E-state index in [1.54, 1.807) is 12.1 Å². The van der Waals surface area contributed by atoms with Gasteiger partial charge in [0, 0.05) is 17.7 Å². The Morgan fingerprint density at radius 3 is 3.06 bits per heavy atom. The fourth-order valence-corrected chi connectivity index (χ4v) is 1.74. The second kappa shape index (κ2) is 4.40. The number of hydrogen-bond acceptors (Lipinski definition) is 5. The number of nitro groups is 1. The van der Waals surface area contributed by atoms with E-state index >= 15 is 0 Å². The zero-order valence-corrected chi connectivity index (χ0v) is 9.42. The van der Waals surface area contributed by atoms with Gasteiger partial charge in [0.15, 0.2) is 0 Å². The van der Waals surface area contributed by atoms with Crippen LogP contribution in [0.3, 0.4) is 0 Å². The first-order chi connectivity index (χ1) is 8.04. The Labute approximate surface area is 98.4 Å². The molecule has 6 heteroatoms. The molecule has 1 aliphatic rings. The smallest absolute Gasteiger partial charge is 0.269 e. The van der Waals surface area contributed by atoms with Crippen LogP contribution in [0.15, 0.2) is 24.3 Å². The summed E-state index contributed by atoms with van der Waals surface area (Å²) >= 11 is 0. The SMILES string of the molecule is C[C@@]1(CO)CO[C@@H](c2cccc([N+](=O)[O-])c2)N1. The van der Waals surface area contributed by atoms with Crippen LogP contribution in [0.25, 0.3) is 0 Å². The van der Waals surface area contributed by atoms with E-state index in [0.717, 1.165) is 0 Å². The molecule has 1 aromatic rings. The van der Waals surface area contributed by atoms with Crippen LogP contribution in [0.2, 0.25) is 0 Å². The zero-order valence-electron chi connectivity index (χ0n) is 9.42. The van der Waals surface area contributed by atoms with Crippen LogP contribution in [-0.4, -0.2) is 28.8 Å². The second-order valence-corrected chi connectivity index (χ2v) is 4.41. The van der Waals surface area contributed by atoms with E-state index in [1.165, 1.54) is 12.1 Å². The van der Waals surface area contributed by atoms with Crippen LogP contribution in [-0.2, 0) is 4.74 Å². The molecule has 0 amide bonds. The van der Waals surface area contributed by atoms with Crippen LogP contribution in [0.4, 0.5) is 5.69 Å². The molecule has 0 unspecified atom stereocenters. The molecule has 0 radical (unpaired) electrons. The highest BCUT2D eigenvalue weighted by atomic mass is 16.6. The standard InChI is InChI=1S/C11H14N2O4/c1-11(6-14)7-17-10(12-11)8-3-2-4-9(5-8)13(15)16/h2-5,10,12,14H,6-7H2,1H3/t10-,11+/m0/s1. The van der Waals surface area contributed by atoms with Crippen molar-refractivity contribution >= 4 is 5.69 Å². The Morgan fingerprint density at radius 1 is 1.71 bits per heavy atom. The van der Waals surface area contributed by atoms with Gasteiger partial charge in [0.1, 0.15) is 6.23 Å². The van der Waals surface area contributed by atoms with E-state index in [1.807, 2.05) is 6.92 Å². The van der Waals surface area contributed by atoms with E-state index < -0.39 is 16.7 Å². The maximum absolute atomic E-state index is 10.7. The van der Waals surface area contributed by atoms with Crippen molar-refractivity contribution in [3.63, 3.8) is 0 Å². The minimum atomic E-state index is -0.491. The second-order valence-electron chi connectivity index (χ2n) is 4.41. The number of rotatable bonds is 3. The van der Waals surface area contributed by atoms with E-state index in [9.17, 15) is 15.2 Å². The van der Waals surface area contributed by atoms with E-state index in [-0.39, 0.29) is 12.3 Å². The average molecular weight is 238 g/mol. The van der Waals surface area contributed by atoms with Crippen molar-refractivity contribution in [1.29, 1.82) is 0 Å². The Morgan fingerprint density at radius 2 is 2.47 bits per heavy atom. The van der Waals surface area contributed by atoms with Gasteiger partial charge in [-0.1, -0.05) is 12.1 Å². The van der Waals surface area contributed by atoms with Crippen molar-refractivity contribution in [2.45, 2.75) is 18.7 Å². The Balaban J connectivity index is 2.19. The van der Waals surface area contributed by atoms with E-state index in [4.69, 9.17) is 4.74 Å². The lowest BCUT2D eigenvalue weighted by molar-refractivity contribution is -0.385. The number of ether oxygens (including phenoxy) is 1. The Hall–Kier alpha value is -1.50. The normalized spacial score (nSPS) is 28.2. The molecule has 0 bridgehead atoms. The van der Waals surface area contributed by atoms with Crippen LogP contribution < -0.4 is 5.32 Å². The predicted molar refractivity (Wildman–Crippen MR) is 60.4 cm³/mol. The third-order valence-electron chi connectivity index (χ3n) is 2.78. The van der Waals surface area contributed by atoms with Crippen LogP contribution >= 0.6 is 0 Å². The molecule has 0 aromatic heterocycles. The lowest BCUT2D eigenvalue weighted by Gasteiger charge is -2.20. The van der Waals surface area contributed by atoms with Gasteiger partial charge in [0.05, 0.1) is 23.7 Å². The van der Waals surface area contributed by atoms with Gasteiger partial charge >= 0.3 is 0 Å². The molecule has 1 aromatic carbocycles. The Kier molecular flexibility index (Phi) is 3.10. The van der Waals surface area contributed by atoms with Crippen LogP contribution in [0.5, 0.6) is 0 Å². The fraction of sp³-hybridized carbons (Fsp3) is 0.455. The highest BCUT2D eigenvalue weighted by Gasteiger charge is 2.35. The summed E-state index contributed by atoms with van der Waals surface area (Å²) in [6.45, 7) is 2.17. The molecule has 92 valence electrons. The van der Waals surface area contributed by atoms with E-state index in [0.29, 0.717) is 12.2 Å². The predicted octanol–water partition coefficient (Wildman–Crippen LogP) is 0.964. The molecule has 2 atom stereocenters. The Bertz CT molecular complexity index is 437. The average Bonchev–Trinajstić information content (AvgIpc) is 2.73. The zero-order chi connectivity index (χ0) is 12.5. The summed E-state index contributed by atoms with van der Waals surface area (Å²) in [5, 5.41) is 22.9. The summed E-state index contributed by atoms with van der Waals surface area (Å²) in [4.78, 5) is 10.2. The summed E-state index contributed by atoms with van der Waals surface area (Å²) in [7, 11) is 0. The molecule has 0 spiro atoms. The lowest BCUT2D eigenvalue weighted by atomic mass is 10.1. The van der Waals surface area contributed by atoms with Crippen molar-refractivity contribution < 1.29 is 14.8 Å². The minimum Gasteiger partial charge on any atom is -0.394 e. The quantitative estimate of drug-likeness (QED) is 0.605. The fourth-order valence-electron chi connectivity index (χ4n) is 1.74. The largest absolute Gasteiger partial charge is 0.394 e. The molecule has 1 saturated heterocycles. The number of aliphatic hydroxyl groups excluding tert-OH is 1. The summed E-state index contributed by atoms with van der Waals surface area (Å²) < 4.78 is 5.49. The number of nitro benzene ring substituents is 1. The van der Waals surface area contributed by atoms with Gasteiger partial charge < -0.3 is 9.84 Å². The minimum absolute atomic E-state index is 0.0329. The molecule has 0 saturated carbocycles. The summed E-state index contributed by atoms with van der Waals surface area (Å²) in [5.41, 5.74) is 0.233.